The SMILES string of the molecule is CN(CCOCCO)Cc1cc(/C=C/C(=O)O)cs1. The Morgan fingerprint density at radius 1 is 1.53 bits per heavy atom. The van der Waals surface area contributed by atoms with Crippen molar-refractivity contribution in [2.45, 2.75) is 6.54 Å². The first-order valence-electron chi connectivity index (χ1n) is 5.97. The normalized spacial score (nSPS) is 11.5. The third-order valence-corrected chi connectivity index (χ3v) is 3.31. The minimum absolute atomic E-state index is 0.0495. The van der Waals surface area contributed by atoms with Crippen LogP contribution in [0.25, 0.3) is 6.08 Å². The average Bonchev–Trinajstić information content (AvgIpc) is 2.80. The summed E-state index contributed by atoms with van der Waals surface area (Å²) in [7, 11) is 1.99. The number of aliphatic carboxylic acids is 1. The highest BCUT2D eigenvalue weighted by Crippen LogP contribution is 2.17. The molecule has 0 saturated heterocycles. The van der Waals surface area contributed by atoms with Gasteiger partial charge in [0, 0.05) is 24.0 Å². The number of thiophene rings is 1. The summed E-state index contributed by atoms with van der Waals surface area (Å²) in [4.78, 5) is 13.7. The van der Waals surface area contributed by atoms with E-state index >= 15 is 0 Å². The van der Waals surface area contributed by atoms with Gasteiger partial charge in [-0.2, -0.15) is 0 Å². The molecule has 0 bridgehead atoms. The minimum atomic E-state index is -0.939. The van der Waals surface area contributed by atoms with Crippen LogP contribution in [-0.4, -0.2) is 54.5 Å². The van der Waals surface area contributed by atoms with Gasteiger partial charge in [0.2, 0.25) is 0 Å². The summed E-state index contributed by atoms with van der Waals surface area (Å²) >= 11 is 1.61. The van der Waals surface area contributed by atoms with Crippen LogP contribution in [0.4, 0.5) is 0 Å². The molecule has 0 fully saturated rings. The first-order chi connectivity index (χ1) is 9.11. The average molecular weight is 285 g/mol. The van der Waals surface area contributed by atoms with Crippen molar-refractivity contribution in [2.75, 3.05) is 33.4 Å². The van der Waals surface area contributed by atoms with Gasteiger partial charge in [-0.15, -0.1) is 11.3 Å². The lowest BCUT2D eigenvalue weighted by Crippen LogP contribution is -2.22. The highest BCUT2D eigenvalue weighted by molar-refractivity contribution is 7.10. The van der Waals surface area contributed by atoms with Gasteiger partial charge in [-0.25, -0.2) is 4.79 Å². The second kappa shape index (κ2) is 8.82. The van der Waals surface area contributed by atoms with Crippen LogP contribution in [0.5, 0.6) is 0 Å². The van der Waals surface area contributed by atoms with Crippen molar-refractivity contribution >= 4 is 23.4 Å². The summed E-state index contributed by atoms with van der Waals surface area (Å²) < 4.78 is 5.20. The van der Waals surface area contributed by atoms with Gasteiger partial charge in [-0.05, 0) is 30.1 Å². The van der Waals surface area contributed by atoms with Gasteiger partial charge in [-0.1, -0.05) is 0 Å². The molecular formula is C13H19NO4S. The lowest BCUT2D eigenvalue weighted by molar-refractivity contribution is -0.131. The molecule has 0 atom stereocenters. The summed E-state index contributed by atoms with van der Waals surface area (Å²) in [5.41, 5.74) is 0.910. The maximum absolute atomic E-state index is 10.4. The number of aliphatic hydroxyl groups excluding tert-OH is 1. The molecule has 0 aliphatic rings. The molecule has 0 radical (unpaired) electrons. The van der Waals surface area contributed by atoms with Crippen molar-refractivity contribution < 1.29 is 19.7 Å². The molecule has 19 heavy (non-hydrogen) atoms. The van der Waals surface area contributed by atoms with Crippen LogP contribution in [0.2, 0.25) is 0 Å². The van der Waals surface area contributed by atoms with E-state index in [1.54, 1.807) is 17.4 Å². The van der Waals surface area contributed by atoms with Crippen molar-refractivity contribution in [1.29, 1.82) is 0 Å². The van der Waals surface area contributed by atoms with E-state index in [9.17, 15) is 4.79 Å². The van der Waals surface area contributed by atoms with Crippen molar-refractivity contribution in [3.05, 3.63) is 28.0 Å². The number of carboxylic acid groups (broad SMARTS) is 1. The number of carbonyl (C=O) groups is 1. The van der Waals surface area contributed by atoms with E-state index in [0.717, 1.165) is 24.7 Å². The Balaban J connectivity index is 2.34. The van der Waals surface area contributed by atoms with Crippen LogP contribution >= 0.6 is 11.3 Å². The van der Waals surface area contributed by atoms with Crippen molar-refractivity contribution in [2.24, 2.45) is 0 Å². The van der Waals surface area contributed by atoms with Gasteiger partial charge in [-0.3, -0.25) is 4.90 Å². The van der Waals surface area contributed by atoms with Crippen LogP contribution < -0.4 is 0 Å². The number of ether oxygens (including phenoxy) is 1. The molecule has 1 aromatic heterocycles. The van der Waals surface area contributed by atoms with E-state index in [4.69, 9.17) is 14.9 Å². The third-order valence-electron chi connectivity index (χ3n) is 2.37. The molecule has 0 unspecified atom stereocenters. The first kappa shape index (κ1) is 15.8. The van der Waals surface area contributed by atoms with E-state index in [1.807, 2.05) is 18.5 Å². The van der Waals surface area contributed by atoms with Crippen LogP contribution in [-0.2, 0) is 16.1 Å². The van der Waals surface area contributed by atoms with Crippen molar-refractivity contribution in [3.8, 4) is 0 Å². The largest absolute Gasteiger partial charge is 0.478 e. The summed E-state index contributed by atoms with van der Waals surface area (Å²) in [5.74, 6) is -0.939. The molecule has 0 aromatic carbocycles. The lowest BCUT2D eigenvalue weighted by Gasteiger charge is -2.15. The van der Waals surface area contributed by atoms with Crippen LogP contribution in [0.3, 0.4) is 0 Å². The van der Waals surface area contributed by atoms with E-state index in [0.29, 0.717) is 13.2 Å². The molecule has 0 spiro atoms. The number of rotatable bonds is 9. The number of likely N-dealkylation sites (N-methyl/N-ethyl adjacent to an activating group) is 1. The number of aliphatic hydroxyl groups is 1. The molecule has 0 aliphatic heterocycles. The highest BCUT2D eigenvalue weighted by atomic mass is 32.1. The number of hydrogen-bond acceptors (Lipinski definition) is 5. The molecule has 0 aliphatic carbocycles. The van der Waals surface area contributed by atoms with Gasteiger partial charge in [0.15, 0.2) is 0 Å². The molecule has 2 N–H and O–H groups in total. The van der Waals surface area contributed by atoms with E-state index in [-0.39, 0.29) is 6.61 Å². The quantitative estimate of drug-likeness (QED) is 0.528. The second-order valence-corrected chi connectivity index (χ2v) is 5.09. The van der Waals surface area contributed by atoms with Crippen LogP contribution in [0, 0.1) is 0 Å². The molecule has 6 heteroatoms. The van der Waals surface area contributed by atoms with Crippen molar-refractivity contribution in [3.63, 3.8) is 0 Å². The van der Waals surface area contributed by atoms with E-state index in [2.05, 4.69) is 4.90 Å². The fourth-order valence-electron chi connectivity index (χ4n) is 1.47. The molecule has 5 nitrogen and oxygen atoms in total. The first-order valence-corrected chi connectivity index (χ1v) is 6.85. The predicted molar refractivity (Wildman–Crippen MR) is 75.2 cm³/mol. The molecule has 106 valence electrons. The molecular weight excluding hydrogens is 266 g/mol. The molecule has 0 amide bonds. The Morgan fingerprint density at radius 3 is 3.00 bits per heavy atom. The highest BCUT2D eigenvalue weighted by Gasteiger charge is 2.03. The fraction of sp³-hybridized carbons (Fsp3) is 0.462. The fourth-order valence-corrected chi connectivity index (χ4v) is 2.40. The Bertz CT molecular complexity index is 417. The summed E-state index contributed by atoms with van der Waals surface area (Å²) in [6, 6.07) is 1.98. The van der Waals surface area contributed by atoms with Gasteiger partial charge < -0.3 is 14.9 Å². The maximum atomic E-state index is 10.4. The van der Waals surface area contributed by atoms with Gasteiger partial charge in [0.25, 0.3) is 0 Å². The topological polar surface area (TPSA) is 70.0 Å². The second-order valence-electron chi connectivity index (χ2n) is 4.09. The zero-order chi connectivity index (χ0) is 14.1. The van der Waals surface area contributed by atoms with E-state index < -0.39 is 5.97 Å². The Hall–Kier alpha value is -1.21. The zero-order valence-corrected chi connectivity index (χ0v) is 11.7. The molecule has 1 rings (SSSR count). The minimum Gasteiger partial charge on any atom is -0.478 e. The summed E-state index contributed by atoms with van der Waals surface area (Å²) in [6.07, 6.45) is 2.73. The zero-order valence-electron chi connectivity index (χ0n) is 10.9. The van der Waals surface area contributed by atoms with Gasteiger partial charge in [0.05, 0.1) is 19.8 Å². The molecule has 1 aromatic rings. The Morgan fingerprint density at radius 2 is 2.32 bits per heavy atom. The maximum Gasteiger partial charge on any atom is 0.328 e. The van der Waals surface area contributed by atoms with Gasteiger partial charge in [0.1, 0.15) is 0 Å². The summed E-state index contributed by atoms with van der Waals surface area (Å²) in [5, 5.41) is 19.1. The molecule has 0 saturated carbocycles. The number of nitrogens with zero attached hydrogens (tertiary/aromatic N) is 1. The van der Waals surface area contributed by atoms with Crippen molar-refractivity contribution in [1.82, 2.24) is 4.90 Å². The summed E-state index contributed by atoms with van der Waals surface area (Å²) in [6.45, 7) is 2.60. The smallest absolute Gasteiger partial charge is 0.328 e. The standard InChI is InChI=1S/C13H19NO4S/c1-14(4-6-18-7-5-15)9-12-8-11(10-19-12)2-3-13(16)17/h2-3,8,10,15H,4-7,9H2,1H3,(H,16,17)/b3-2+. The Kier molecular flexibility index (Phi) is 7.35. The monoisotopic (exact) mass is 285 g/mol. The van der Waals surface area contributed by atoms with Crippen LogP contribution in [0.1, 0.15) is 10.4 Å². The number of carboxylic acids is 1. The van der Waals surface area contributed by atoms with E-state index in [1.165, 1.54) is 4.88 Å². The van der Waals surface area contributed by atoms with Crippen LogP contribution in [0.15, 0.2) is 17.5 Å². The van der Waals surface area contributed by atoms with Gasteiger partial charge >= 0.3 is 5.97 Å². The number of hydrogen-bond donors (Lipinski definition) is 2. The Labute approximate surface area is 116 Å². The predicted octanol–water partition coefficient (Wildman–Crippen LogP) is 1.29. The molecule has 1 heterocycles. The lowest BCUT2D eigenvalue weighted by atomic mass is 10.3. The third kappa shape index (κ3) is 7.07.